The van der Waals surface area contributed by atoms with Crippen LogP contribution in [0.25, 0.3) is 0 Å². The fraction of sp³-hybridized carbons (Fsp3) is 0.571. The topological polar surface area (TPSA) is 88.5 Å². The first-order valence-corrected chi connectivity index (χ1v) is 6.98. The van der Waals surface area contributed by atoms with Gasteiger partial charge < -0.3 is 16.4 Å². The number of anilines is 1. The van der Waals surface area contributed by atoms with E-state index in [9.17, 15) is 4.79 Å². The highest BCUT2D eigenvalue weighted by Gasteiger charge is 2.23. The van der Waals surface area contributed by atoms with E-state index < -0.39 is 5.91 Å². The van der Waals surface area contributed by atoms with Crippen molar-refractivity contribution < 1.29 is 4.79 Å². The van der Waals surface area contributed by atoms with E-state index in [4.69, 9.17) is 11.5 Å². The zero-order chi connectivity index (χ0) is 14.7. The molecule has 0 spiro atoms. The molecule has 0 saturated carbocycles. The average molecular weight is 277 g/mol. The Morgan fingerprint density at radius 2 is 1.95 bits per heavy atom. The van der Waals surface area contributed by atoms with Crippen LogP contribution in [-0.2, 0) is 0 Å². The molecule has 1 aromatic rings. The van der Waals surface area contributed by atoms with Gasteiger partial charge in [-0.25, -0.2) is 4.98 Å². The third-order valence-electron chi connectivity index (χ3n) is 3.69. The maximum absolute atomic E-state index is 11.7. The van der Waals surface area contributed by atoms with Gasteiger partial charge in [0.1, 0.15) is 5.82 Å². The third kappa shape index (κ3) is 3.08. The second-order valence-electron chi connectivity index (χ2n) is 5.26. The predicted molar refractivity (Wildman–Crippen MR) is 79.9 cm³/mol. The SMILES string of the molecule is Cc1cc(C)c(C(N)=O)c(N2CCN(CCN)CC2)n1. The smallest absolute Gasteiger partial charge is 0.252 e. The van der Waals surface area contributed by atoms with Crippen molar-refractivity contribution in [2.75, 3.05) is 44.2 Å². The summed E-state index contributed by atoms with van der Waals surface area (Å²) in [5, 5.41) is 0. The van der Waals surface area contributed by atoms with Crippen LogP contribution >= 0.6 is 0 Å². The highest BCUT2D eigenvalue weighted by Crippen LogP contribution is 2.23. The standard InChI is InChI=1S/C14H23N5O/c1-10-9-11(2)17-14(12(10)13(16)20)19-7-5-18(4-3-15)6-8-19/h9H,3-8,15H2,1-2H3,(H2,16,20). The summed E-state index contributed by atoms with van der Waals surface area (Å²) in [5.41, 5.74) is 13.4. The molecule has 1 amide bonds. The zero-order valence-electron chi connectivity index (χ0n) is 12.2. The minimum atomic E-state index is -0.408. The van der Waals surface area contributed by atoms with Crippen molar-refractivity contribution in [1.29, 1.82) is 0 Å². The third-order valence-corrected chi connectivity index (χ3v) is 3.69. The summed E-state index contributed by atoms with van der Waals surface area (Å²) < 4.78 is 0. The van der Waals surface area contributed by atoms with Gasteiger partial charge in [-0.3, -0.25) is 9.69 Å². The van der Waals surface area contributed by atoms with Crippen LogP contribution < -0.4 is 16.4 Å². The van der Waals surface area contributed by atoms with Crippen LogP contribution in [0.1, 0.15) is 21.6 Å². The van der Waals surface area contributed by atoms with Crippen molar-refractivity contribution in [3.8, 4) is 0 Å². The minimum absolute atomic E-state index is 0.408. The van der Waals surface area contributed by atoms with Crippen LogP contribution in [0.4, 0.5) is 5.82 Å². The van der Waals surface area contributed by atoms with Gasteiger partial charge in [-0.2, -0.15) is 0 Å². The average Bonchev–Trinajstić information content (AvgIpc) is 2.38. The van der Waals surface area contributed by atoms with Crippen LogP contribution in [0.5, 0.6) is 0 Å². The molecule has 0 bridgehead atoms. The fourth-order valence-corrected chi connectivity index (χ4v) is 2.72. The predicted octanol–water partition coefficient (Wildman–Crippen LogP) is -0.122. The summed E-state index contributed by atoms with van der Waals surface area (Å²) in [6.45, 7) is 8.99. The number of nitrogens with zero attached hydrogens (tertiary/aromatic N) is 3. The minimum Gasteiger partial charge on any atom is -0.365 e. The van der Waals surface area contributed by atoms with Gasteiger partial charge in [0.15, 0.2) is 0 Å². The van der Waals surface area contributed by atoms with Gasteiger partial charge >= 0.3 is 0 Å². The summed E-state index contributed by atoms with van der Waals surface area (Å²) in [6.07, 6.45) is 0. The van der Waals surface area contributed by atoms with Gasteiger partial charge in [-0.15, -0.1) is 0 Å². The number of aryl methyl sites for hydroxylation is 2. The van der Waals surface area contributed by atoms with E-state index in [1.807, 2.05) is 19.9 Å². The maximum Gasteiger partial charge on any atom is 0.252 e. The number of carbonyl (C=O) groups excluding carboxylic acids is 1. The molecular weight excluding hydrogens is 254 g/mol. The fourth-order valence-electron chi connectivity index (χ4n) is 2.72. The first kappa shape index (κ1) is 14.7. The summed E-state index contributed by atoms with van der Waals surface area (Å²) in [6, 6.07) is 1.90. The molecule has 0 radical (unpaired) electrons. The van der Waals surface area contributed by atoms with Crippen LogP contribution in [0.2, 0.25) is 0 Å². The van der Waals surface area contributed by atoms with Gasteiger partial charge in [0.05, 0.1) is 5.56 Å². The first-order chi connectivity index (χ1) is 9.52. The van der Waals surface area contributed by atoms with Crippen LogP contribution in [0, 0.1) is 13.8 Å². The molecule has 2 heterocycles. The number of carbonyl (C=O) groups is 1. The van der Waals surface area contributed by atoms with Gasteiger partial charge in [0, 0.05) is 45.0 Å². The number of primary amides is 1. The normalized spacial score (nSPS) is 16.4. The van der Waals surface area contributed by atoms with Gasteiger partial charge in [0.25, 0.3) is 5.91 Å². The lowest BCUT2D eigenvalue weighted by atomic mass is 10.1. The number of hydrogen-bond donors (Lipinski definition) is 2. The molecule has 1 fully saturated rings. The van der Waals surface area contributed by atoms with Crippen molar-refractivity contribution in [3.05, 3.63) is 22.9 Å². The molecule has 6 nitrogen and oxygen atoms in total. The Balaban J connectivity index is 2.23. The Morgan fingerprint density at radius 1 is 1.30 bits per heavy atom. The molecule has 0 atom stereocenters. The lowest BCUT2D eigenvalue weighted by Gasteiger charge is -2.36. The molecule has 0 unspecified atom stereocenters. The summed E-state index contributed by atoms with van der Waals surface area (Å²) in [5.74, 6) is 0.316. The first-order valence-electron chi connectivity index (χ1n) is 6.98. The Morgan fingerprint density at radius 3 is 2.50 bits per heavy atom. The van der Waals surface area contributed by atoms with Crippen molar-refractivity contribution in [2.24, 2.45) is 11.5 Å². The molecule has 6 heteroatoms. The molecule has 4 N–H and O–H groups in total. The number of hydrogen-bond acceptors (Lipinski definition) is 5. The van der Waals surface area contributed by atoms with E-state index in [1.54, 1.807) is 0 Å². The van der Waals surface area contributed by atoms with E-state index >= 15 is 0 Å². The van der Waals surface area contributed by atoms with Crippen LogP contribution in [0.3, 0.4) is 0 Å². The quantitative estimate of drug-likeness (QED) is 0.801. The molecule has 0 aliphatic carbocycles. The van der Waals surface area contributed by atoms with E-state index in [2.05, 4.69) is 14.8 Å². The monoisotopic (exact) mass is 277 g/mol. The summed E-state index contributed by atoms with van der Waals surface area (Å²) in [7, 11) is 0. The number of amides is 1. The molecular formula is C14H23N5O. The van der Waals surface area contributed by atoms with Gasteiger partial charge in [0.2, 0.25) is 0 Å². The molecule has 1 aliphatic heterocycles. The van der Waals surface area contributed by atoms with E-state index in [-0.39, 0.29) is 0 Å². The number of pyridine rings is 1. The van der Waals surface area contributed by atoms with Crippen molar-refractivity contribution in [2.45, 2.75) is 13.8 Å². The summed E-state index contributed by atoms with van der Waals surface area (Å²) in [4.78, 5) is 20.7. The Kier molecular flexibility index (Phi) is 4.57. The van der Waals surface area contributed by atoms with Crippen molar-refractivity contribution in [3.63, 3.8) is 0 Å². The molecule has 1 saturated heterocycles. The lowest BCUT2D eigenvalue weighted by molar-refractivity contribution is 0.0999. The zero-order valence-corrected chi connectivity index (χ0v) is 12.2. The number of nitrogens with two attached hydrogens (primary N) is 2. The largest absolute Gasteiger partial charge is 0.365 e. The maximum atomic E-state index is 11.7. The summed E-state index contributed by atoms with van der Waals surface area (Å²) >= 11 is 0. The highest BCUT2D eigenvalue weighted by molar-refractivity contribution is 5.99. The Bertz CT molecular complexity index is 495. The molecule has 110 valence electrons. The molecule has 1 aliphatic rings. The lowest BCUT2D eigenvalue weighted by Crippen LogP contribution is -2.48. The van der Waals surface area contributed by atoms with Crippen LogP contribution in [-0.4, -0.2) is 55.1 Å². The molecule has 20 heavy (non-hydrogen) atoms. The number of piperazine rings is 1. The number of rotatable bonds is 4. The van der Waals surface area contributed by atoms with E-state index in [0.717, 1.165) is 49.8 Å². The van der Waals surface area contributed by atoms with Crippen molar-refractivity contribution in [1.82, 2.24) is 9.88 Å². The van der Waals surface area contributed by atoms with Crippen molar-refractivity contribution >= 4 is 11.7 Å². The van der Waals surface area contributed by atoms with Crippen LogP contribution in [0.15, 0.2) is 6.07 Å². The second kappa shape index (κ2) is 6.19. The van der Waals surface area contributed by atoms with Gasteiger partial charge in [-0.05, 0) is 25.5 Å². The molecule has 1 aromatic heterocycles. The second-order valence-corrected chi connectivity index (χ2v) is 5.26. The molecule has 0 aromatic carbocycles. The molecule has 2 rings (SSSR count). The Labute approximate surface area is 119 Å². The van der Waals surface area contributed by atoms with Gasteiger partial charge in [-0.1, -0.05) is 0 Å². The highest BCUT2D eigenvalue weighted by atomic mass is 16.1. The van der Waals surface area contributed by atoms with E-state index in [0.29, 0.717) is 12.1 Å². The number of aromatic nitrogens is 1. The van der Waals surface area contributed by atoms with E-state index in [1.165, 1.54) is 0 Å². The Hall–Kier alpha value is -1.66.